The number of anilines is 1. The van der Waals surface area contributed by atoms with Crippen molar-refractivity contribution in [2.24, 2.45) is 5.73 Å². The Balaban J connectivity index is 1.37. The van der Waals surface area contributed by atoms with Crippen LogP contribution in [-0.4, -0.2) is 40.5 Å². The maximum absolute atomic E-state index is 12.8. The van der Waals surface area contributed by atoms with Gasteiger partial charge in [0.15, 0.2) is 0 Å². The van der Waals surface area contributed by atoms with Gasteiger partial charge in [0.2, 0.25) is 5.91 Å². The summed E-state index contributed by atoms with van der Waals surface area (Å²) in [5, 5.41) is 5.02. The van der Waals surface area contributed by atoms with Gasteiger partial charge in [-0.15, -0.1) is 0 Å². The van der Waals surface area contributed by atoms with Crippen molar-refractivity contribution >= 4 is 46.7 Å². The van der Waals surface area contributed by atoms with Crippen molar-refractivity contribution in [1.82, 2.24) is 15.3 Å². The highest BCUT2D eigenvalue weighted by Gasteiger charge is 2.39. The minimum Gasteiger partial charge on any atom is -0.355 e. The molecule has 0 atom stereocenters. The first-order chi connectivity index (χ1) is 15.4. The lowest BCUT2D eigenvalue weighted by molar-refractivity contribution is -0.128. The molecule has 2 fully saturated rings. The minimum atomic E-state index is -0.810. The van der Waals surface area contributed by atoms with Gasteiger partial charge < -0.3 is 16.0 Å². The predicted octanol–water partition coefficient (Wildman–Crippen LogP) is 4.99. The molecule has 1 aliphatic heterocycles. The fourth-order valence-corrected chi connectivity index (χ4v) is 5.64. The molecule has 3 N–H and O–H groups in total. The summed E-state index contributed by atoms with van der Waals surface area (Å²) in [7, 11) is 0. The van der Waals surface area contributed by atoms with Crippen LogP contribution in [-0.2, 0) is 4.79 Å². The van der Waals surface area contributed by atoms with Gasteiger partial charge in [0, 0.05) is 24.0 Å². The molecule has 4 rings (SSSR count). The van der Waals surface area contributed by atoms with E-state index in [4.69, 9.17) is 33.9 Å². The molecule has 1 saturated carbocycles. The first kappa shape index (κ1) is 23.6. The van der Waals surface area contributed by atoms with E-state index in [1.807, 2.05) is 19.1 Å². The summed E-state index contributed by atoms with van der Waals surface area (Å²) < 4.78 is 0. The zero-order valence-electron chi connectivity index (χ0n) is 18.2. The van der Waals surface area contributed by atoms with Gasteiger partial charge in [-0.25, -0.2) is 9.97 Å². The van der Waals surface area contributed by atoms with Crippen LogP contribution in [0.25, 0.3) is 0 Å². The molecule has 2 heterocycles. The number of carbonyl (C=O) groups is 1. The highest BCUT2D eigenvalue weighted by atomic mass is 35.5. The van der Waals surface area contributed by atoms with Crippen molar-refractivity contribution in [3.05, 3.63) is 40.1 Å². The van der Waals surface area contributed by atoms with E-state index >= 15 is 0 Å². The van der Waals surface area contributed by atoms with Crippen LogP contribution < -0.4 is 16.0 Å². The number of benzene rings is 1. The molecule has 1 saturated heterocycles. The number of hydrogen-bond acceptors (Lipinski definition) is 6. The van der Waals surface area contributed by atoms with Crippen LogP contribution in [0.1, 0.15) is 50.6 Å². The second kappa shape index (κ2) is 10.2. The minimum absolute atomic E-state index is 0.00327. The molecule has 0 spiro atoms. The quantitative estimate of drug-likeness (QED) is 0.610. The van der Waals surface area contributed by atoms with Crippen molar-refractivity contribution in [2.45, 2.75) is 73.4 Å². The predicted molar refractivity (Wildman–Crippen MR) is 131 cm³/mol. The van der Waals surface area contributed by atoms with E-state index in [0.29, 0.717) is 36.0 Å². The fourth-order valence-electron chi connectivity index (χ4n) is 4.32. The Morgan fingerprint density at radius 1 is 1.22 bits per heavy atom. The molecule has 1 aliphatic carbocycles. The Hall–Kier alpha value is -1.54. The average molecular weight is 494 g/mol. The Morgan fingerprint density at radius 3 is 2.62 bits per heavy atom. The molecule has 0 radical (unpaired) electrons. The third-order valence-electron chi connectivity index (χ3n) is 6.38. The lowest BCUT2D eigenvalue weighted by Gasteiger charge is -2.39. The van der Waals surface area contributed by atoms with E-state index in [9.17, 15) is 4.79 Å². The van der Waals surface area contributed by atoms with Crippen molar-refractivity contribution in [3.63, 3.8) is 0 Å². The van der Waals surface area contributed by atoms with E-state index < -0.39 is 5.54 Å². The fraction of sp³-hybridized carbons (Fsp3) is 0.522. The highest BCUT2D eigenvalue weighted by molar-refractivity contribution is 7.99. The van der Waals surface area contributed by atoms with E-state index in [2.05, 4.69) is 15.2 Å². The molecule has 2 aliphatic rings. The maximum Gasteiger partial charge on any atom is 0.240 e. The highest BCUT2D eigenvalue weighted by Crippen LogP contribution is 2.37. The molecule has 0 unspecified atom stereocenters. The second-order valence-electron chi connectivity index (χ2n) is 8.72. The zero-order chi connectivity index (χ0) is 22.7. The summed E-state index contributed by atoms with van der Waals surface area (Å²) in [6.45, 7) is 3.29. The molecule has 32 heavy (non-hydrogen) atoms. The van der Waals surface area contributed by atoms with Crippen LogP contribution in [0.4, 0.5) is 5.82 Å². The van der Waals surface area contributed by atoms with Gasteiger partial charge in [-0.1, -0.05) is 60.3 Å². The number of nitrogens with one attached hydrogen (secondary N) is 1. The van der Waals surface area contributed by atoms with E-state index in [1.165, 1.54) is 31.0 Å². The van der Waals surface area contributed by atoms with E-state index in [-0.39, 0.29) is 11.9 Å². The lowest BCUT2D eigenvalue weighted by Crippen LogP contribution is -2.61. The standard InChI is InChI=1S/C23H29Cl2N5OS/c1-15-21(32-18-9-5-8-17(24)20(18)25)27-14-19(28-15)30-12-10-23(26,11-13-30)22(31)29-16-6-3-2-4-7-16/h5,8-9,14,16H,2-4,6-7,10-13,26H2,1H3,(H,29,31). The molecule has 9 heteroatoms. The van der Waals surface area contributed by atoms with Gasteiger partial charge in [0.1, 0.15) is 10.8 Å². The molecule has 1 amide bonds. The smallest absolute Gasteiger partial charge is 0.240 e. The Labute approximate surface area is 203 Å². The van der Waals surface area contributed by atoms with Crippen molar-refractivity contribution in [2.75, 3.05) is 18.0 Å². The number of hydrogen-bond donors (Lipinski definition) is 2. The summed E-state index contributed by atoms with van der Waals surface area (Å²) in [4.78, 5) is 25.2. The Kier molecular flexibility index (Phi) is 7.50. The number of nitrogens with zero attached hydrogens (tertiary/aromatic N) is 3. The number of amides is 1. The van der Waals surface area contributed by atoms with Crippen LogP contribution in [0, 0.1) is 6.92 Å². The number of aromatic nitrogens is 2. The molecule has 172 valence electrons. The zero-order valence-corrected chi connectivity index (χ0v) is 20.6. The van der Waals surface area contributed by atoms with E-state index in [1.54, 1.807) is 12.3 Å². The summed E-state index contributed by atoms with van der Waals surface area (Å²) in [6.07, 6.45) is 8.74. The van der Waals surface area contributed by atoms with Gasteiger partial charge in [0.25, 0.3) is 0 Å². The second-order valence-corrected chi connectivity index (χ2v) is 10.5. The van der Waals surface area contributed by atoms with Crippen molar-refractivity contribution in [1.29, 1.82) is 0 Å². The van der Waals surface area contributed by atoms with Crippen molar-refractivity contribution in [3.8, 4) is 0 Å². The number of aryl methyl sites for hydroxylation is 1. The number of carbonyl (C=O) groups excluding carboxylic acids is 1. The van der Waals surface area contributed by atoms with Gasteiger partial charge in [-0.3, -0.25) is 4.79 Å². The van der Waals surface area contributed by atoms with Crippen LogP contribution in [0.15, 0.2) is 34.3 Å². The normalized spacial score (nSPS) is 19.1. The molecule has 1 aromatic heterocycles. The first-order valence-corrected chi connectivity index (χ1v) is 12.7. The molecular formula is C23H29Cl2N5OS. The number of piperidine rings is 1. The van der Waals surface area contributed by atoms with Crippen LogP contribution in [0.5, 0.6) is 0 Å². The topological polar surface area (TPSA) is 84.1 Å². The third-order valence-corrected chi connectivity index (χ3v) is 8.47. The summed E-state index contributed by atoms with van der Waals surface area (Å²) in [6, 6.07) is 5.82. The molecule has 1 aromatic carbocycles. The summed E-state index contributed by atoms with van der Waals surface area (Å²) in [5.41, 5.74) is 6.54. The lowest BCUT2D eigenvalue weighted by atomic mass is 9.86. The average Bonchev–Trinajstić information content (AvgIpc) is 2.79. The number of halogens is 2. The van der Waals surface area contributed by atoms with E-state index in [0.717, 1.165) is 34.3 Å². The third kappa shape index (κ3) is 5.33. The molecular weight excluding hydrogens is 465 g/mol. The monoisotopic (exact) mass is 493 g/mol. The van der Waals surface area contributed by atoms with Gasteiger partial charge in [-0.2, -0.15) is 0 Å². The molecule has 2 aromatic rings. The molecule has 0 bridgehead atoms. The first-order valence-electron chi connectivity index (χ1n) is 11.2. The summed E-state index contributed by atoms with van der Waals surface area (Å²) >= 11 is 13.9. The maximum atomic E-state index is 12.8. The SMILES string of the molecule is Cc1nc(N2CCC(N)(C(=O)NC3CCCCC3)CC2)cnc1Sc1cccc(Cl)c1Cl. The Bertz CT molecular complexity index is 975. The van der Waals surface area contributed by atoms with Crippen LogP contribution >= 0.6 is 35.0 Å². The number of nitrogens with two attached hydrogens (primary N) is 1. The van der Waals surface area contributed by atoms with Crippen molar-refractivity contribution < 1.29 is 4.79 Å². The van der Waals surface area contributed by atoms with Crippen LogP contribution in [0.3, 0.4) is 0 Å². The molecule has 6 nitrogen and oxygen atoms in total. The van der Waals surface area contributed by atoms with Crippen LogP contribution in [0.2, 0.25) is 10.0 Å². The largest absolute Gasteiger partial charge is 0.355 e. The van der Waals surface area contributed by atoms with Gasteiger partial charge in [-0.05, 0) is 44.7 Å². The summed E-state index contributed by atoms with van der Waals surface area (Å²) in [5.74, 6) is 0.801. The van der Waals surface area contributed by atoms with Gasteiger partial charge >= 0.3 is 0 Å². The van der Waals surface area contributed by atoms with Gasteiger partial charge in [0.05, 0.1) is 27.5 Å². The Morgan fingerprint density at radius 2 is 1.94 bits per heavy atom. The number of rotatable bonds is 5.